The second-order valence-corrected chi connectivity index (χ2v) is 8.68. The highest BCUT2D eigenvalue weighted by Gasteiger charge is 2.26. The average Bonchev–Trinajstić information content (AvgIpc) is 3.12. The van der Waals surface area contributed by atoms with Crippen LogP contribution in [0.25, 0.3) is 5.69 Å². The van der Waals surface area contributed by atoms with E-state index < -0.39 is 0 Å². The maximum atomic E-state index is 13.1. The quantitative estimate of drug-likeness (QED) is 0.361. The van der Waals surface area contributed by atoms with Crippen molar-refractivity contribution in [2.24, 2.45) is 5.92 Å². The number of carbonyl (C=O) groups is 1. The number of para-hydroxylation sites is 1. The Hall–Kier alpha value is -2.54. The Morgan fingerprint density at radius 2 is 1.84 bits per heavy atom. The highest BCUT2D eigenvalue weighted by atomic mass is 35.5. The van der Waals surface area contributed by atoms with Crippen molar-refractivity contribution < 1.29 is 9.53 Å². The molecule has 1 amide bonds. The smallest absolute Gasteiger partial charge is 0.272 e. The van der Waals surface area contributed by atoms with E-state index in [1.807, 2.05) is 32.0 Å². The van der Waals surface area contributed by atoms with Crippen molar-refractivity contribution in [1.82, 2.24) is 20.4 Å². The van der Waals surface area contributed by atoms with E-state index in [1.165, 1.54) is 0 Å². The summed E-state index contributed by atoms with van der Waals surface area (Å²) in [6, 6.07) is 14.4. The summed E-state index contributed by atoms with van der Waals surface area (Å²) in [6.45, 7) is 7.94. The van der Waals surface area contributed by atoms with Crippen LogP contribution in [0.3, 0.4) is 0 Å². The number of nitrogens with zero attached hydrogens (tertiary/aromatic N) is 2. The van der Waals surface area contributed by atoms with Gasteiger partial charge in [0.15, 0.2) is 5.69 Å². The fourth-order valence-corrected chi connectivity index (χ4v) is 3.40. The number of ether oxygens (including phenoxy) is 1. The molecule has 2 N–H and O–H groups in total. The normalized spacial score (nSPS) is 11.1. The number of halogens is 2. The van der Waals surface area contributed by atoms with Gasteiger partial charge in [-0.1, -0.05) is 56.1 Å². The van der Waals surface area contributed by atoms with Gasteiger partial charge >= 0.3 is 0 Å². The van der Waals surface area contributed by atoms with Crippen LogP contribution in [0.4, 0.5) is 0 Å². The van der Waals surface area contributed by atoms with Crippen LogP contribution in [0, 0.1) is 5.92 Å². The molecule has 3 rings (SSSR count). The van der Waals surface area contributed by atoms with Crippen molar-refractivity contribution in [2.45, 2.75) is 33.7 Å². The molecule has 170 valence electrons. The molecule has 0 aliphatic carbocycles. The minimum Gasteiger partial charge on any atom is -0.439 e. The van der Waals surface area contributed by atoms with Crippen molar-refractivity contribution in [2.75, 3.05) is 13.1 Å². The number of nitrogens with one attached hydrogen (secondary N) is 2. The highest BCUT2D eigenvalue weighted by molar-refractivity contribution is 6.32. The molecule has 1 aromatic heterocycles. The van der Waals surface area contributed by atoms with E-state index in [0.717, 1.165) is 13.0 Å². The van der Waals surface area contributed by atoms with Gasteiger partial charge in [-0.05, 0) is 55.3 Å². The van der Waals surface area contributed by atoms with Gasteiger partial charge in [0.05, 0.1) is 16.3 Å². The third kappa shape index (κ3) is 6.03. The van der Waals surface area contributed by atoms with E-state index in [0.29, 0.717) is 57.6 Å². The van der Waals surface area contributed by atoms with Crippen molar-refractivity contribution in [3.63, 3.8) is 0 Å². The molecule has 0 aliphatic heterocycles. The number of hydrogen-bond acceptors (Lipinski definition) is 4. The minimum atomic E-state index is -0.251. The first kappa shape index (κ1) is 24.1. The Bertz CT molecular complexity index is 1050. The summed E-state index contributed by atoms with van der Waals surface area (Å²) in [5, 5.41) is 12.1. The third-order valence-corrected chi connectivity index (χ3v) is 5.23. The molecule has 3 aromatic rings. The Balaban J connectivity index is 2.12. The molecule has 0 aliphatic rings. The average molecular weight is 475 g/mol. The van der Waals surface area contributed by atoms with Gasteiger partial charge in [-0.3, -0.25) is 4.79 Å². The summed E-state index contributed by atoms with van der Waals surface area (Å²) < 4.78 is 7.84. The van der Waals surface area contributed by atoms with Crippen LogP contribution in [0.5, 0.6) is 11.6 Å². The lowest BCUT2D eigenvalue weighted by atomic mass is 10.2. The Morgan fingerprint density at radius 1 is 1.12 bits per heavy atom. The molecule has 8 heteroatoms. The highest BCUT2D eigenvalue weighted by Crippen LogP contribution is 2.33. The van der Waals surface area contributed by atoms with Crippen LogP contribution in [0.1, 0.15) is 43.2 Å². The van der Waals surface area contributed by atoms with Crippen LogP contribution < -0.4 is 15.4 Å². The summed E-state index contributed by atoms with van der Waals surface area (Å²) in [5.74, 6) is 1.07. The number of carbonyl (C=O) groups excluding carboxylic acids is 1. The largest absolute Gasteiger partial charge is 0.439 e. The zero-order valence-electron chi connectivity index (χ0n) is 18.5. The summed E-state index contributed by atoms with van der Waals surface area (Å²) in [7, 11) is 0. The molecule has 6 nitrogen and oxygen atoms in total. The second kappa shape index (κ2) is 11.4. The van der Waals surface area contributed by atoms with Gasteiger partial charge in [-0.2, -0.15) is 9.78 Å². The monoisotopic (exact) mass is 474 g/mol. The van der Waals surface area contributed by atoms with Crippen molar-refractivity contribution in [1.29, 1.82) is 0 Å². The number of aromatic nitrogens is 2. The molecule has 0 radical (unpaired) electrons. The molecule has 0 bridgehead atoms. The van der Waals surface area contributed by atoms with Crippen LogP contribution >= 0.6 is 23.2 Å². The topological polar surface area (TPSA) is 68.2 Å². The van der Waals surface area contributed by atoms with Crippen LogP contribution in [-0.4, -0.2) is 28.8 Å². The molecule has 0 saturated heterocycles. The molecule has 0 saturated carbocycles. The minimum absolute atomic E-state index is 0.251. The van der Waals surface area contributed by atoms with Crippen molar-refractivity contribution in [3.05, 3.63) is 69.8 Å². The van der Waals surface area contributed by atoms with Gasteiger partial charge in [0.25, 0.3) is 5.91 Å². The van der Waals surface area contributed by atoms with Gasteiger partial charge in [-0.15, -0.1) is 0 Å². The first-order chi connectivity index (χ1) is 15.4. The summed E-state index contributed by atoms with van der Waals surface area (Å²) in [4.78, 5) is 13.1. The lowest BCUT2D eigenvalue weighted by Gasteiger charge is -2.13. The maximum absolute atomic E-state index is 13.1. The number of amides is 1. The second-order valence-electron chi connectivity index (χ2n) is 7.83. The van der Waals surface area contributed by atoms with Gasteiger partial charge in [-0.25, -0.2) is 0 Å². The molecular weight excluding hydrogens is 447 g/mol. The van der Waals surface area contributed by atoms with Crippen molar-refractivity contribution >= 4 is 29.1 Å². The first-order valence-corrected chi connectivity index (χ1v) is 11.5. The Morgan fingerprint density at radius 3 is 2.50 bits per heavy atom. The van der Waals surface area contributed by atoms with Gasteiger partial charge in [0.1, 0.15) is 5.75 Å². The molecule has 32 heavy (non-hydrogen) atoms. The molecular formula is C24H28Cl2N4O2. The zero-order chi connectivity index (χ0) is 23.1. The van der Waals surface area contributed by atoms with Crippen LogP contribution in [-0.2, 0) is 6.54 Å². The molecule has 0 spiro atoms. The fourth-order valence-electron chi connectivity index (χ4n) is 3.05. The van der Waals surface area contributed by atoms with E-state index >= 15 is 0 Å². The van der Waals surface area contributed by atoms with Crippen molar-refractivity contribution in [3.8, 4) is 17.3 Å². The third-order valence-electron chi connectivity index (χ3n) is 4.66. The molecule has 2 aromatic carbocycles. The van der Waals surface area contributed by atoms with E-state index in [1.54, 1.807) is 35.0 Å². The SMILES string of the molecule is CCCNCc1c(C(=O)NCC(C)C)nn(-c2ccccc2Cl)c1Oc1ccc(Cl)cc1. The standard InChI is InChI=1S/C24H28Cl2N4O2/c1-4-13-27-15-19-22(23(31)28-14-16(2)3)29-30(21-8-6-5-7-20(21)26)24(19)32-18-11-9-17(25)10-12-18/h5-12,16,27H,4,13-15H2,1-3H3,(H,28,31). The molecule has 0 unspecified atom stereocenters. The summed E-state index contributed by atoms with van der Waals surface area (Å²) >= 11 is 12.5. The van der Waals surface area contributed by atoms with E-state index in [4.69, 9.17) is 27.9 Å². The van der Waals surface area contributed by atoms with E-state index in [2.05, 4.69) is 22.7 Å². The zero-order valence-corrected chi connectivity index (χ0v) is 20.0. The molecule has 0 atom stereocenters. The van der Waals surface area contributed by atoms with Crippen LogP contribution in [0.2, 0.25) is 10.0 Å². The number of benzene rings is 2. The predicted molar refractivity (Wildman–Crippen MR) is 129 cm³/mol. The van der Waals surface area contributed by atoms with E-state index in [-0.39, 0.29) is 5.91 Å². The molecule has 0 fully saturated rings. The number of rotatable bonds is 10. The Labute approximate surface area is 198 Å². The Kier molecular flexibility index (Phi) is 8.56. The fraction of sp³-hybridized carbons (Fsp3) is 0.333. The van der Waals surface area contributed by atoms with Gasteiger partial charge in [0, 0.05) is 18.1 Å². The number of hydrogen-bond donors (Lipinski definition) is 2. The lowest BCUT2D eigenvalue weighted by molar-refractivity contribution is 0.0942. The molecule has 1 heterocycles. The first-order valence-electron chi connectivity index (χ1n) is 10.7. The summed E-state index contributed by atoms with van der Waals surface area (Å²) in [5.41, 5.74) is 1.59. The predicted octanol–water partition coefficient (Wildman–Crippen LogP) is 5.86. The maximum Gasteiger partial charge on any atom is 0.272 e. The van der Waals surface area contributed by atoms with Gasteiger partial charge in [0.2, 0.25) is 5.88 Å². The summed E-state index contributed by atoms with van der Waals surface area (Å²) in [6.07, 6.45) is 0.959. The van der Waals surface area contributed by atoms with E-state index in [9.17, 15) is 4.79 Å². The van der Waals surface area contributed by atoms with Gasteiger partial charge < -0.3 is 15.4 Å². The lowest BCUT2D eigenvalue weighted by Crippen LogP contribution is -2.29. The van der Waals surface area contributed by atoms with Crippen LogP contribution in [0.15, 0.2) is 48.5 Å².